The lowest BCUT2D eigenvalue weighted by molar-refractivity contribution is -0.118. The first kappa shape index (κ1) is 17.6. The zero-order chi connectivity index (χ0) is 19.5. The SMILES string of the molecule is NC(=O)CCn1cc(/C=N\NC(=O)c2ccc3c(c2)OCO3)c2ccccc21. The highest BCUT2D eigenvalue weighted by atomic mass is 16.7. The average molecular weight is 378 g/mol. The van der Waals surface area contributed by atoms with Gasteiger partial charge in [0.25, 0.3) is 5.91 Å². The van der Waals surface area contributed by atoms with Gasteiger partial charge in [-0.1, -0.05) is 18.2 Å². The van der Waals surface area contributed by atoms with Gasteiger partial charge in [0.15, 0.2) is 11.5 Å². The molecule has 2 heterocycles. The van der Waals surface area contributed by atoms with E-state index < -0.39 is 0 Å². The fraction of sp³-hybridized carbons (Fsp3) is 0.150. The fourth-order valence-electron chi connectivity index (χ4n) is 3.06. The summed E-state index contributed by atoms with van der Waals surface area (Å²) in [5, 5.41) is 5.03. The molecule has 3 aromatic rings. The first-order chi connectivity index (χ1) is 13.6. The molecule has 3 N–H and O–H groups in total. The highest BCUT2D eigenvalue weighted by Crippen LogP contribution is 2.32. The number of nitrogens with two attached hydrogens (primary N) is 1. The molecule has 8 nitrogen and oxygen atoms in total. The van der Waals surface area contributed by atoms with Crippen LogP contribution in [0.4, 0.5) is 0 Å². The Hall–Kier alpha value is -3.81. The van der Waals surface area contributed by atoms with Gasteiger partial charge < -0.3 is 19.8 Å². The summed E-state index contributed by atoms with van der Waals surface area (Å²) in [7, 11) is 0. The number of rotatable bonds is 6. The van der Waals surface area contributed by atoms with Crippen molar-refractivity contribution in [3.8, 4) is 11.5 Å². The summed E-state index contributed by atoms with van der Waals surface area (Å²) in [4.78, 5) is 23.4. The monoisotopic (exact) mass is 378 g/mol. The predicted molar refractivity (Wildman–Crippen MR) is 103 cm³/mol. The summed E-state index contributed by atoms with van der Waals surface area (Å²) in [5.74, 6) is 0.439. The smallest absolute Gasteiger partial charge is 0.271 e. The summed E-state index contributed by atoms with van der Waals surface area (Å²) in [6, 6.07) is 12.7. The molecule has 0 saturated heterocycles. The van der Waals surface area contributed by atoms with Crippen LogP contribution in [0.25, 0.3) is 10.9 Å². The molecule has 0 spiro atoms. The number of hydrazone groups is 1. The zero-order valence-electron chi connectivity index (χ0n) is 14.9. The molecule has 0 unspecified atom stereocenters. The minimum absolute atomic E-state index is 0.151. The lowest BCUT2D eigenvalue weighted by atomic mass is 10.2. The van der Waals surface area contributed by atoms with Crippen LogP contribution in [-0.2, 0) is 11.3 Å². The van der Waals surface area contributed by atoms with Crippen LogP contribution in [0.2, 0.25) is 0 Å². The van der Waals surface area contributed by atoms with Crippen molar-refractivity contribution in [3.05, 3.63) is 59.8 Å². The third kappa shape index (κ3) is 3.52. The number of nitrogens with zero attached hydrogens (tertiary/aromatic N) is 2. The lowest BCUT2D eigenvalue weighted by Crippen LogP contribution is -2.17. The molecular weight excluding hydrogens is 360 g/mol. The van der Waals surface area contributed by atoms with Crippen LogP contribution in [0.5, 0.6) is 11.5 Å². The number of carbonyl (C=O) groups is 2. The van der Waals surface area contributed by atoms with Crippen molar-refractivity contribution < 1.29 is 19.1 Å². The van der Waals surface area contributed by atoms with Gasteiger partial charge in [-0.15, -0.1) is 0 Å². The standard InChI is InChI=1S/C20H18N4O4/c21-19(25)7-8-24-11-14(15-3-1-2-4-16(15)24)10-22-23-20(26)13-5-6-17-18(9-13)28-12-27-17/h1-6,9-11H,7-8,12H2,(H2,21,25)(H,23,26)/b22-10-. The normalized spacial score (nSPS) is 12.6. The number of carbonyl (C=O) groups excluding carboxylic acids is 2. The van der Waals surface area contributed by atoms with Gasteiger partial charge in [-0.2, -0.15) is 5.10 Å². The summed E-state index contributed by atoms with van der Waals surface area (Å²) in [6.45, 7) is 0.631. The molecule has 2 amide bonds. The maximum atomic E-state index is 12.3. The number of nitrogens with one attached hydrogen (secondary N) is 1. The van der Waals surface area contributed by atoms with E-state index in [4.69, 9.17) is 15.2 Å². The van der Waals surface area contributed by atoms with Crippen molar-refractivity contribution in [2.45, 2.75) is 13.0 Å². The van der Waals surface area contributed by atoms with E-state index >= 15 is 0 Å². The number of aromatic nitrogens is 1. The Morgan fingerprint density at radius 1 is 1.18 bits per heavy atom. The van der Waals surface area contributed by atoms with Crippen LogP contribution in [0.15, 0.2) is 53.8 Å². The second-order valence-electron chi connectivity index (χ2n) is 6.28. The summed E-state index contributed by atoms with van der Waals surface area (Å²) in [5.41, 5.74) is 9.98. The van der Waals surface area contributed by atoms with Crippen LogP contribution < -0.4 is 20.6 Å². The van der Waals surface area contributed by atoms with Crippen molar-refractivity contribution in [2.75, 3.05) is 6.79 Å². The molecule has 4 rings (SSSR count). The molecule has 0 radical (unpaired) electrons. The molecule has 28 heavy (non-hydrogen) atoms. The molecule has 0 bridgehead atoms. The van der Waals surface area contributed by atoms with Crippen LogP contribution in [0.1, 0.15) is 22.3 Å². The second-order valence-corrected chi connectivity index (χ2v) is 6.28. The molecule has 0 saturated carbocycles. The van der Waals surface area contributed by atoms with Gasteiger partial charge in [0.05, 0.1) is 6.21 Å². The number of benzene rings is 2. The Labute approximate surface area is 160 Å². The summed E-state index contributed by atoms with van der Waals surface area (Å²) in [6.07, 6.45) is 3.70. The molecule has 142 valence electrons. The van der Waals surface area contributed by atoms with Gasteiger partial charge in [-0.25, -0.2) is 5.43 Å². The Bertz CT molecular complexity index is 1090. The molecule has 8 heteroatoms. The highest BCUT2D eigenvalue weighted by molar-refractivity contribution is 6.00. The number of fused-ring (bicyclic) bond motifs is 2. The minimum Gasteiger partial charge on any atom is -0.454 e. The van der Waals surface area contributed by atoms with Crippen molar-refractivity contribution in [1.29, 1.82) is 0 Å². The molecule has 0 fully saturated rings. The first-order valence-corrected chi connectivity index (χ1v) is 8.71. The number of para-hydroxylation sites is 1. The largest absolute Gasteiger partial charge is 0.454 e. The van der Waals surface area contributed by atoms with Crippen LogP contribution in [-0.4, -0.2) is 29.4 Å². The zero-order valence-corrected chi connectivity index (χ0v) is 14.9. The maximum absolute atomic E-state index is 12.3. The Morgan fingerprint density at radius 3 is 2.86 bits per heavy atom. The molecule has 2 aromatic carbocycles. The predicted octanol–water partition coefficient (Wildman–Crippen LogP) is 2.01. The van der Waals surface area contributed by atoms with Gasteiger partial charge in [0.1, 0.15) is 0 Å². The van der Waals surface area contributed by atoms with Crippen LogP contribution >= 0.6 is 0 Å². The van der Waals surface area contributed by atoms with Crippen LogP contribution in [0, 0.1) is 0 Å². The Balaban J connectivity index is 1.50. The van der Waals surface area contributed by atoms with E-state index in [-0.39, 0.29) is 25.0 Å². The number of hydrogen-bond donors (Lipinski definition) is 2. The first-order valence-electron chi connectivity index (χ1n) is 8.71. The number of ether oxygens (including phenoxy) is 2. The van der Waals surface area contributed by atoms with Gasteiger partial charge in [0.2, 0.25) is 12.7 Å². The number of primary amides is 1. The van der Waals surface area contributed by atoms with E-state index in [0.29, 0.717) is 23.6 Å². The van der Waals surface area contributed by atoms with Crippen molar-refractivity contribution in [1.82, 2.24) is 9.99 Å². The van der Waals surface area contributed by atoms with Gasteiger partial charge in [-0.05, 0) is 24.3 Å². The van der Waals surface area contributed by atoms with Crippen molar-refractivity contribution >= 4 is 28.9 Å². The quantitative estimate of drug-likeness (QED) is 0.505. The van der Waals surface area contributed by atoms with E-state index in [2.05, 4.69) is 10.5 Å². The molecule has 1 aliphatic rings. The Kier molecular flexibility index (Phi) is 4.67. The van der Waals surface area contributed by atoms with Gasteiger partial charge >= 0.3 is 0 Å². The van der Waals surface area contributed by atoms with Gasteiger partial charge in [0, 0.05) is 41.2 Å². The lowest BCUT2D eigenvalue weighted by Gasteiger charge is -2.02. The van der Waals surface area contributed by atoms with E-state index in [1.807, 2.05) is 35.0 Å². The molecule has 0 aliphatic carbocycles. The van der Waals surface area contributed by atoms with E-state index in [9.17, 15) is 9.59 Å². The Morgan fingerprint density at radius 2 is 2.00 bits per heavy atom. The van der Waals surface area contributed by atoms with E-state index in [0.717, 1.165) is 16.5 Å². The molecule has 0 atom stereocenters. The minimum atomic E-state index is -0.357. The van der Waals surface area contributed by atoms with E-state index in [1.165, 1.54) is 0 Å². The second kappa shape index (κ2) is 7.43. The topological polar surface area (TPSA) is 108 Å². The average Bonchev–Trinajstić information content (AvgIpc) is 3.30. The number of aryl methyl sites for hydroxylation is 1. The van der Waals surface area contributed by atoms with Crippen molar-refractivity contribution in [3.63, 3.8) is 0 Å². The third-order valence-corrected chi connectivity index (χ3v) is 4.42. The number of amides is 2. The maximum Gasteiger partial charge on any atom is 0.271 e. The van der Waals surface area contributed by atoms with Crippen LogP contribution in [0.3, 0.4) is 0 Å². The molecular formula is C20H18N4O4. The van der Waals surface area contributed by atoms with E-state index in [1.54, 1.807) is 24.4 Å². The third-order valence-electron chi connectivity index (χ3n) is 4.42. The fourth-order valence-corrected chi connectivity index (χ4v) is 3.06. The summed E-state index contributed by atoms with van der Waals surface area (Å²) >= 11 is 0. The van der Waals surface area contributed by atoms with Crippen molar-refractivity contribution in [2.24, 2.45) is 10.8 Å². The molecule has 1 aromatic heterocycles. The summed E-state index contributed by atoms with van der Waals surface area (Å²) < 4.78 is 12.5. The number of hydrogen-bond acceptors (Lipinski definition) is 5. The molecule has 1 aliphatic heterocycles. The highest BCUT2D eigenvalue weighted by Gasteiger charge is 2.16. The van der Waals surface area contributed by atoms with Gasteiger partial charge in [-0.3, -0.25) is 9.59 Å².